The van der Waals surface area contributed by atoms with Gasteiger partial charge in [0.2, 0.25) is 5.91 Å². The van der Waals surface area contributed by atoms with Gasteiger partial charge < -0.3 is 10.4 Å². The van der Waals surface area contributed by atoms with Gasteiger partial charge >= 0.3 is 0 Å². The highest BCUT2D eigenvalue weighted by molar-refractivity contribution is 6.30. The molecule has 0 aliphatic heterocycles. The molecule has 23 heavy (non-hydrogen) atoms. The number of carbonyl (C=O) groups excluding carboxylic acids is 1. The summed E-state index contributed by atoms with van der Waals surface area (Å²) in [7, 11) is 0. The number of nitrogens with one attached hydrogen (secondary N) is 1. The van der Waals surface area contributed by atoms with Crippen LogP contribution in [0.2, 0.25) is 5.02 Å². The number of rotatable bonds is 5. The second kappa shape index (κ2) is 7.44. The molecule has 0 bridgehead atoms. The lowest BCUT2D eigenvalue weighted by molar-refractivity contribution is -0.118. The number of hydrogen-bond donors (Lipinski definition) is 2. The van der Waals surface area contributed by atoms with Crippen molar-refractivity contribution in [3.8, 4) is 0 Å². The lowest BCUT2D eigenvalue weighted by Gasteiger charge is -2.24. The average Bonchev–Trinajstić information content (AvgIpc) is 2.54. The van der Waals surface area contributed by atoms with E-state index < -0.39 is 5.60 Å². The highest BCUT2D eigenvalue weighted by Gasteiger charge is 2.23. The van der Waals surface area contributed by atoms with Gasteiger partial charge in [-0.25, -0.2) is 0 Å². The van der Waals surface area contributed by atoms with Crippen molar-refractivity contribution in [1.82, 2.24) is 5.32 Å². The largest absolute Gasteiger partial charge is 0.384 e. The Morgan fingerprint density at radius 3 is 2.39 bits per heavy atom. The van der Waals surface area contributed by atoms with Crippen molar-refractivity contribution in [3.63, 3.8) is 0 Å². The van der Waals surface area contributed by atoms with E-state index >= 15 is 0 Å². The molecule has 0 aromatic heterocycles. The van der Waals surface area contributed by atoms with Crippen LogP contribution < -0.4 is 5.32 Å². The minimum atomic E-state index is -1.16. The Bertz CT molecular complexity index is 691. The lowest BCUT2D eigenvalue weighted by Crippen LogP contribution is -2.38. The van der Waals surface area contributed by atoms with E-state index in [-0.39, 0.29) is 12.5 Å². The standard InChI is InChI=1S/C19H20ClNO2/c1-14(12-15-6-4-3-5-7-15)18(22)21-13-19(2,23)16-8-10-17(20)11-9-16/h3-12,23H,13H2,1-2H3,(H,21,22)/b14-12+. The Kier molecular flexibility index (Phi) is 5.59. The molecule has 2 rings (SSSR count). The third-order valence-corrected chi connectivity index (χ3v) is 3.85. The summed E-state index contributed by atoms with van der Waals surface area (Å²) in [5, 5.41) is 13.9. The SMILES string of the molecule is C/C(=C\c1ccccc1)C(=O)NCC(C)(O)c1ccc(Cl)cc1. The summed E-state index contributed by atoms with van der Waals surface area (Å²) in [5.41, 5.74) is 1.09. The Labute approximate surface area is 141 Å². The third kappa shape index (κ3) is 4.95. The first kappa shape index (κ1) is 17.3. The maximum absolute atomic E-state index is 12.2. The molecule has 4 heteroatoms. The number of carbonyl (C=O) groups is 1. The molecule has 0 fully saturated rings. The zero-order valence-corrected chi connectivity index (χ0v) is 14.0. The summed E-state index contributed by atoms with van der Waals surface area (Å²) in [5.74, 6) is -0.205. The summed E-state index contributed by atoms with van der Waals surface area (Å²) in [6.45, 7) is 3.53. The Balaban J connectivity index is 2.00. The van der Waals surface area contributed by atoms with Crippen LogP contribution in [0.5, 0.6) is 0 Å². The van der Waals surface area contributed by atoms with Crippen molar-refractivity contribution < 1.29 is 9.90 Å². The Morgan fingerprint density at radius 1 is 1.17 bits per heavy atom. The normalized spacial score (nSPS) is 14.2. The third-order valence-electron chi connectivity index (χ3n) is 3.60. The van der Waals surface area contributed by atoms with Crippen LogP contribution in [0.15, 0.2) is 60.2 Å². The number of amides is 1. The zero-order chi connectivity index (χ0) is 16.9. The van der Waals surface area contributed by atoms with Gasteiger partial charge in [0.05, 0.1) is 6.54 Å². The number of benzene rings is 2. The fourth-order valence-corrected chi connectivity index (χ4v) is 2.29. The highest BCUT2D eigenvalue weighted by atomic mass is 35.5. The molecule has 2 aromatic carbocycles. The molecule has 1 unspecified atom stereocenters. The van der Waals surface area contributed by atoms with Crippen LogP contribution in [0.4, 0.5) is 0 Å². The predicted octanol–water partition coefficient (Wildman–Crippen LogP) is 3.77. The van der Waals surface area contributed by atoms with Gasteiger partial charge in [0, 0.05) is 10.6 Å². The monoisotopic (exact) mass is 329 g/mol. The molecule has 2 aromatic rings. The minimum Gasteiger partial charge on any atom is -0.384 e. The van der Waals surface area contributed by atoms with Gasteiger partial charge in [0.1, 0.15) is 5.60 Å². The minimum absolute atomic E-state index is 0.118. The van der Waals surface area contributed by atoms with Crippen LogP contribution in [0, 0.1) is 0 Å². The molecule has 0 aliphatic carbocycles. The van der Waals surface area contributed by atoms with E-state index in [2.05, 4.69) is 5.32 Å². The molecule has 1 amide bonds. The van der Waals surface area contributed by atoms with Crippen LogP contribution in [-0.2, 0) is 10.4 Å². The second-order valence-corrected chi connectivity index (χ2v) is 6.14. The molecule has 0 spiro atoms. The van der Waals surface area contributed by atoms with Crippen molar-refractivity contribution in [1.29, 1.82) is 0 Å². The number of hydrogen-bond acceptors (Lipinski definition) is 2. The van der Waals surface area contributed by atoms with E-state index in [1.54, 1.807) is 38.1 Å². The maximum Gasteiger partial charge on any atom is 0.247 e. The summed E-state index contributed by atoms with van der Waals surface area (Å²) in [6.07, 6.45) is 1.81. The van der Waals surface area contributed by atoms with Crippen molar-refractivity contribution in [2.75, 3.05) is 6.54 Å². The lowest BCUT2D eigenvalue weighted by atomic mass is 9.96. The molecular formula is C19H20ClNO2. The number of aliphatic hydroxyl groups is 1. The maximum atomic E-state index is 12.2. The van der Waals surface area contributed by atoms with Gasteiger partial charge in [-0.15, -0.1) is 0 Å². The Hall–Kier alpha value is -2.10. The van der Waals surface area contributed by atoms with Gasteiger partial charge in [-0.05, 0) is 43.2 Å². The summed E-state index contributed by atoms with van der Waals surface area (Å²) < 4.78 is 0. The van der Waals surface area contributed by atoms with Crippen LogP contribution >= 0.6 is 11.6 Å². The molecule has 0 saturated carbocycles. The van der Waals surface area contributed by atoms with Gasteiger partial charge in [0.25, 0.3) is 0 Å². The molecule has 3 nitrogen and oxygen atoms in total. The van der Waals surface area contributed by atoms with E-state index in [1.165, 1.54) is 0 Å². The first-order chi connectivity index (χ1) is 10.9. The molecule has 0 radical (unpaired) electrons. The molecular weight excluding hydrogens is 310 g/mol. The van der Waals surface area contributed by atoms with Gasteiger partial charge in [-0.3, -0.25) is 4.79 Å². The first-order valence-corrected chi connectivity index (χ1v) is 7.76. The highest BCUT2D eigenvalue weighted by Crippen LogP contribution is 2.21. The van der Waals surface area contributed by atoms with E-state index in [0.29, 0.717) is 16.2 Å². The quantitative estimate of drug-likeness (QED) is 0.820. The molecule has 0 aliphatic rings. The summed E-state index contributed by atoms with van der Waals surface area (Å²) in [4.78, 5) is 12.2. The average molecular weight is 330 g/mol. The smallest absolute Gasteiger partial charge is 0.247 e. The van der Waals surface area contributed by atoms with Crippen molar-refractivity contribution in [3.05, 3.63) is 76.3 Å². The molecule has 2 N–H and O–H groups in total. The van der Waals surface area contributed by atoms with E-state index in [9.17, 15) is 9.90 Å². The van der Waals surface area contributed by atoms with Crippen molar-refractivity contribution in [2.24, 2.45) is 0 Å². The summed E-state index contributed by atoms with van der Waals surface area (Å²) >= 11 is 5.85. The van der Waals surface area contributed by atoms with Crippen molar-refractivity contribution in [2.45, 2.75) is 19.4 Å². The fraction of sp³-hybridized carbons (Fsp3) is 0.211. The van der Waals surface area contributed by atoms with Gasteiger partial charge in [-0.1, -0.05) is 54.1 Å². The van der Waals surface area contributed by atoms with E-state index in [1.807, 2.05) is 36.4 Å². The van der Waals surface area contributed by atoms with Gasteiger partial charge in [-0.2, -0.15) is 0 Å². The van der Waals surface area contributed by atoms with E-state index in [0.717, 1.165) is 5.56 Å². The van der Waals surface area contributed by atoms with Crippen molar-refractivity contribution >= 4 is 23.6 Å². The molecule has 1 atom stereocenters. The molecule has 0 heterocycles. The van der Waals surface area contributed by atoms with Crippen LogP contribution in [0.1, 0.15) is 25.0 Å². The van der Waals surface area contributed by atoms with Crippen LogP contribution in [0.3, 0.4) is 0 Å². The molecule has 120 valence electrons. The van der Waals surface area contributed by atoms with E-state index in [4.69, 9.17) is 11.6 Å². The fourth-order valence-electron chi connectivity index (χ4n) is 2.17. The number of halogens is 1. The first-order valence-electron chi connectivity index (χ1n) is 7.38. The summed E-state index contributed by atoms with van der Waals surface area (Å²) in [6, 6.07) is 16.6. The second-order valence-electron chi connectivity index (χ2n) is 5.70. The topological polar surface area (TPSA) is 49.3 Å². The van der Waals surface area contributed by atoms with Crippen LogP contribution in [0.25, 0.3) is 6.08 Å². The predicted molar refractivity (Wildman–Crippen MR) is 94.1 cm³/mol. The van der Waals surface area contributed by atoms with Crippen LogP contribution in [-0.4, -0.2) is 17.6 Å². The molecule has 0 saturated heterocycles. The Morgan fingerprint density at radius 2 is 1.78 bits per heavy atom. The van der Waals surface area contributed by atoms with Gasteiger partial charge in [0.15, 0.2) is 0 Å². The zero-order valence-electron chi connectivity index (χ0n) is 13.2.